The molecule has 0 radical (unpaired) electrons. The molecule has 0 saturated heterocycles. The normalized spacial score (nSPS) is 13.1. The van der Waals surface area contributed by atoms with Gasteiger partial charge in [0.25, 0.3) is 10.0 Å². The van der Waals surface area contributed by atoms with E-state index in [1.165, 1.54) is 16.9 Å². The first-order valence-electron chi connectivity index (χ1n) is 7.91. The molecular weight excluding hydrogens is 340 g/mol. The fraction of sp³-hybridized carbons (Fsp3) is 0.278. The van der Waals surface area contributed by atoms with Crippen molar-refractivity contribution in [1.82, 2.24) is 4.57 Å². The number of hydrogen-bond donors (Lipinski definition) is 0. The van der Waals surface area contributed by atoms with Crippen molar-refractivity contribution < 1.29 is 8.42 Å². The molecule has 0 spiro atoms. The lowest BCUT2D eigenvalue weighted by atomic mass is 10.0. The molecular formula is C18H20N2O2S2. The summed E-state index contributed by atoms with van der Waals surface area (Å²) in [6, 6.07) is 14.6. The van der Waals surface area contributed by atoms with Gasteiger partial charge in [0.2, 0.25) is 4.80 Å². The molecule has 0 aliphatic rings. The van der Waals surface area contributed by atoms with E-state index in [9.17, 15) is 8.42 Å². The van der Waals surface area contributed by atoms with E-state index >= 15 is 0 Å². The highest BCUT2D eigenvalue weighted by Crippen LogP contribution is 2.24. The molecule has 24 heavy (non-hydrogen) atoms. The Morgan fingerprint density at radius 2 is 1.83 bits per heavy atom. The third-order valence-corrected chi connectivity index (χ3v) is 6.37. The second-order valence-electron chi connectivity index (χ2n) is 5.89. The average molecular weight is 361 g/mol. The summed E-state index contributed by atoms with van der Waals surface area (Å²) < 4.78 is 32.2. The molecule has 3 aromatic rings. The number of nitrogens with zero attached hydrogens (tertiary/aromatic N) is 2. The molecule has 0 saturated carbocycles. The average Bonchev–Trinajstić information content (AvgIpc) is 2.90. The Balaban J connectivity index is 2.22. The van der Waals surface area contributed by atoms with Crippen LogP contribution in [-0.2, 0) is 16.6 Å². The van der Waals surface area contributed by atoms with E-state index in [1.807, 2.05) is 11.5 Å². The van der Waals surface area contributed by atoms with Crippen LogP contribution in [0.5, 0.6) is 0 Å². The standard InChI is InChI=1S/C18H20N2O2S2/c1-4-20-16-11-10-14(13(2)3)12-17(16)23-18(20)19-24(21,22)15-8-6-5-7-9-15/h5-13H,4H2,1-3H3/b19-18-. The first-order chi connectivity index (χ1) is 11.4. The number of benzene rings is 2. The van der Waals surface area contributed by atoms with Crippen LogP contribution in [0, 0.1) is 0 Å². The van der Waals surface area contributed by atoms with Crippen molar-refractivity contribution in [3.05, 3.63) is 58.9 Å². The van der Waals surface area contributed by atoms with Gasteiger partial charge in [-0.1, -0.05) is 49.4 Å². The molecule has 0 fully saturated rings. The summed E-state index contributed by atoms with van der Waals surface area (Å²) in [6.45, 7) is 6.96. The first kappa shape index (κ1) is 16.9. The minimum atomic E-state index is -3.71. The molecule has 0 aliphatic carbocycles. The number of sulfonamides is 1. The summed E-state index contributed by atoms with van der Waals surface area (Å²) in [5.74, 6) is 0.431. The van der Waals surface area contributed by atoms with E-state index in [1.54, 1.807) is 30.3 Å². The van der Waals surface area contributed by atoms with E-state index in [-0.39, 0.29) is 4.90 Å². The zero-order chi connectivity index (χ0) is 17.3. The molecule has 0 amide bonds. The fourth-order valence-corrected chi connectivity index (χ4v) is 4.94. The van der Waals surface area contributed by atoms with Gasteiger partial charge >= 0.3 is 0 Å². The maximum Gasteiger partial charge on any atom is 0.285 e. The molecule has 1 aromatic heterocycles. The van der Waals surface area contributed by atoms with Gasteiger partial charge in [-0.05, 0) is 42.7 Å². The monoisotopic (exact) mass is 360 g/mol. The van der Waals surface area contributed by atoms with Crippen LogP contribution in [0.4, 0.5) is 0 Å². The van der Waals surface area contributed by atoms with Gasteiger partial charge in [0.15, 0.2) is 0 Å². The number of rotatable bonds is 4. The molecule has 0 atom stereocenters. The van der Waals surface area contributed by atoms with Crippen molar-refractivity contribution in [3.63, 3.8) is 0 Å². The quantitative estimate of drug-likeness (QED) is 0.702. The number of hydrogen-bond acceptors (Lipinski definition) is 3. The molecule has 0 aliphatic heterocycles. The lowest BCUT2D eigenvalue weighted by molar-refractivity contribution is 0.595. The molecule has 126 valence electrons. The number of aryl methyl sites for hydroxylation is 1. The summed E-state index contributed by atoms with van der Waals surface area (Å²) in [7, 11) is -3.71. The predicted molar refractivity (Wildman–Crippen MR) is 98.8 cm³/mol. The van der Waals surface area contributed by atoms with E-state index in [0.29, 0.717) is 17.3 Å². The van der Waals surface area contributed by atoms with E-state index in [4.69, 9.17) is 0 Å². The zero-order valence-electron chi connectivity index (χ0n) is 13.9. The summed E-state index contributed by atoms with van der Waals surface area (Å²) in [5, 5.41) is 0. The Labute approximate surface area is 146 Å². The van der Waals surface area contributed by atoms with Crippen LogP contribution in [0.15, 0.2) is 57.8 Å². The van der Waals surface area contributed by atoms with Gasteiger partial charge in [0, 0.05) is 6.54 Å². The molecule has 4 nitrogen and oxygen atoms in total. The van der Waals surface area contributed by atoms with Crippen LogP contribution < -0.4 is 4.80 Å². The summed E-state index contributed by atoms with van der Waals surface area (Å²) in [5.41, 5.74) is 2.26. The number of aromatic nitrogens is 1. The predicted octanol–water partition coefficient (Wildman–Crippen LogP) is 4.14. The van der Waals surface area contributed by atoms with Crippen molar-refractivity contribution >= 4 is 31.6 Å². The zero-order valence-corrected chi connectivity index (χ0v) is 15.6. The minimum Gasteiger partial charge on any atom is -0.316 e. The minimum absolute atomic E-state index is 0.216. The van der Waals surface area contributed by atoms with Crippen LogP contribution in [0.25, 0.3) is 10.2 Å². The lowest BCUT2D eigenvalue weighted by Gasteiger charge is -2.05. The number of thiazole rings is 1. The van der Waals surface area contributed by atoms with Crippen LogP contribution >= 0.6 is 11.3 Å². The van der Waals surface area contributed by atoms with Crippen molar-refractivity contribution in [1.29, 1.82) is 0 Å². The van der Waals surface area contributed by atoms with Crippen molar-refractivity contribution in [2.75, 3.05) is 0 Å². The molecule has 1 heterocycles. The Bertz CT molecular complexity index is 1030. The van der Waals surface area contributed by atoms with E-state index in [2.05, 4.69) is 36.4 Å². The summed E-state index contributed by atoms with van der Waals surface area (Å²) in [4.78, 5) is 0.727. The molecule has 0 N–H and O–H groups in total. The number of fused-ring (bicyclic) bond motifs is 1. The SMILES string of the molecule is CCn1/c(=N/S(=O)(=O)c2ccccc2)sc2cc(C(C)C)ccc21. The van der Waals surface area contributed by atoms with Crippen LogP contribution in [0.2, 0.25) is 0 Å². The molecule has 2 aromatic carbocycles. The smallest absolute Gasteiger partial charge is 0.285 e. The van der Waals surface area contributed by atoms with Crippen molar-refractivity contribution in [3.8, 4) is 0 Å². The lowest BCUT2D eigenvalue weighted by Crippen LogP contribution is -2.16. The van der Waals surface area contributed by atoms with E-state index in [0.717, 1.165) is 10.2 Å². The first-order valence-corrected chi connectivity index (χ1v) is 10.2. The topological polar surface area (TPSA) is 51.4 Å². The molecule has 0 bridgehead atoms. The van der Waals surface area contributed by atoms with Gasteiger partial charge in [0.05, 0.1) is 15.1 Å². The summed E-state index contributed by atoms with van der Waals surface area (Å²) >= 11 is 1.42. The highest BCUT2D eigenvalue weighted by Gasteiger charge is 2.14. The summed E-state index contributed by atoms with van der Waals surface area (Å²) in [6.07, 6.45) is 0. The maximum absolute atomic E-state index is 12.5. The highest BCUT2D eigenvalue weighted by atomic mass is 32.2. The highest BCUT2D eigenvalue weighted by molar-refractivity contribution is 7.90. The second-order valence-corrected chi connectivity index (χ2v) is 8.50. The Morgan fingerprint density at radius 1 is 1.12 bits per heavy atom. The Morgan fingerprint density at radius 3 is 2.46 bits per heavy atom. The largest absolute Gasteiger partial charge is 0.316 e. The van der Waals surface area contributed by atoms with Crippen LogP contribution in [0.3, 0.4) is 0 Å². The van der Waals surface area contributed by atoms with E-state index < -0.39 is 10.0 Å². The van der Waals surface area contributed by atoms with Crippen LogP contribution in [0.1, 0.15) is 32.3 Å². The second kappa shape index (κ2) is 6.53. The van der Waals surface area contributed by atoms with Gasteiger partial charge in [-0.3, -0.25) is 0 Å². The van der Waals surface area contributed by atoms with Gasteiger partial charge in [-0.2, -0.15) is 8.42 Å². The molecule has 6 heteroatoms. The van der Waals surface area contributed by atoms with Crippen molar-refractivity contribution in [2.45, 2.75) is 38.1 Å². The van der Waals surface area contributed by atoms with Gasteiger partial charge < -0.3 is 4.57 Å². The van der Waals surface area contributed by atoms with Gasteiger partial charge in [-0.15, -0.1) is 4.40 Å². The van der Waals surface area contributed by atoms with Gasteiger partial charge in [0.1, 0.15) is 0 Å². The third-order valence-electron chi connectivity index (χ3n) is 3.93. The van der Waals surface area contributed by atoms with Gasteiger partial charge in [-0.25, -0.2) is 0 Å². The Kier molecular flexibility index (Phi) is 4.60. The molecule has 3 rings (SSSR count). The van der Waals surface area contributed by atoms with Crippen molar-refractivity contribution in [2.24, 2.45) is 4.40 Å². The fourth-order valence-electron chi connectivity index (χ4n) is 2.57. The maximum atomic E-state index is 12.5. The molecule has 0 unspecified atom stereocenters. The Hall–Kier alpha value is -1.92. The third kappa shape index (κ3) is 3.16. The van der Waals surface area contributed by atoms with Crippen LogP contribution in [-0.4, -0.2) is 13.0 Å².